The number of esters is 1. The Morgan fingerprint density at radius 3 is 2.37 bits per heavy atom. The number of aromatic nitrogens is 2. The number of rotatable bonds is 4. The molecule has 0 amide bonds. The molecule has 0 N–H and O–H groups in total. The smallest absolute Gasteiger partial charge is 0.340 e. The van der Waals surface area contributed by atoms with Crippen molar-refractivity contribution in [3.63, 3.8) is 0 Å². The summed E-state index contributed by atoms with van der Waals surface area (Å²) in [5, 5.41) is 0.348. The molecule has 6 heteroatoms. The molecule has 0 radical (unpaired) electrons. The summed E-state index contributed by atoms with van der Waals surface area (Å²) in [7, 11) is 2.87. The standard InChI is InChI=1S/C24H20N2O4/c1-15-20(24(28)30-3)21(16-9-5-4-6-10-16)22-17(25-15)13-14-26(23(22)27)18-11-7-8-12-19(18)29-2/h4-14H,1-3H3. The average molecular weight is 400 g/mol. The highest BCUT2D eigenvalue weighted by Gasteiger charge is 2.23. The van der Waals surface area contributed by atoms with Crippen LogP contribution in [0.2, 0.25) is 0 Å². The molecule has 150 valence electrons. The van der Waals surface area contributed by atoms with Crippen molar-refractivity contribution < 1.29 is 14.3 Å². The van der Waals surface area contributed by atoms with Crippen molar-refractivity contribution in [2.75, 3.05) is 14.2 Å². The monoisotopic (exact) mass is 400 g/mol. The number of methoxy groups -OCH3 is 2. The molecule has 0 unspecified atom stereocenters. The summed E-state index contributed by atoms with van der Waals surface area (Å²) < 4.78 is 11.9. The molecule has 2 aromatic carbocycles. The predicted octanol–water partition coefficient (Wildman–Crippen LogP) is 4.16. The van der Waals surface area contributed by atoms with Gasteiger partial charge in [-0.25, -0.2) is 4.79 Å². The van der Waals surface area contributed by atoms with Crippen molar-refractivity contribution in [1.29, 1.82) is 0 Å². The van der Waals surface area contributed by atoms with E-state index in [0.29, 0.717) is 33.6 Å². The molecular weight excluding hydrogens is 380 g/mol. The molecule has 0 atom stereocenters. The molecule has 0 spiro atoms. The molecule has 0 fully saturated rings. The van der Waals surface area contributed by atoms with E-state index in [-0.39, 0.29) is 11.1 Å². The van der Waals surface area contributed by atoms with Gasteiger partial charge in [0.25, 0.3) is 5.56 Å². The summed E-state index contributed by atoms with van der Waals surface area (Å²) in [6.45, 7) is 1.74. The number of nitrogens with zero attached hydrogens (tertiary/aromatic N) is 2. The number of hydrogen-bond donors (Lipinski definition) is 0. The molecule has 0 saturated carbocycles. The second-order valence-electron chi connectivity index (χ2n) is 6.73. The maximum atomic E-state index is 13.7. The second kappa shape index (κ2) is 7.83. The molecular formula is C24H20N2O4. The van der Waals surface area contributed by atoms with Crippen LogP contribution in [0.25, 0.3) is 27.7 Å². The lowest BCUT2D eigenvalue weighted by atomic mass is 9.95. The van der Waals surface area contributed by atoms with E-state index in [0.717, 1.165) is 5.56 Å². The highest BCUT2D eigenvalue weighted by Crippen LogP contribution is 2.32. The number of fused-ring (bicyclic) bond motifs is 1. The number of para-hydroxylation sites is 2. The average Bonchev–Trinajstić information content (AvgIpc) is 2.78. The quantitative estimate of drug-likeness (QED) is 0.481. The Morgan fingerprint density at radius 2 is 1.67 bits per heavy atom. The molecule has 0 bridgehead atoms. The highest BCUT2D eigenvalue weighted by molar-refractivity contribution is 6.07. The van der Waals surface area contributed by atoms with E-state index >= 15 is 0 Å². The van der Waals surface area contributed by atoms with Crippen molar-refractivity contribution in [3.05, 3.63) is 88.5 Å². The zero-order valence-corrected chi connectivity index (χ0v) is 16.9. The summed E-state index contributed by atoms with van der Waals surface area (Å²) in [5.74, 6) is 0.0290. The molecule has 0 aliphatic heterocycles. The summed E-state index contributed by atoms with van der Waals surface area (Å²) >= 11 is 0. The van der Waals surface area contributed by atoms with Crippen molar-refractivity contribution in [3.8, 4) is 22.6 Å². The molecule has 4 aromatic rings. The Morgan fingerprint density at radius 1 is 0.967 bits per heavy atom. The van der Waals surface area contributed by atoms with Crippen LogP contribution >= 0.6 is 0 Å². The van der Waals surface area contributed by atoms with Gasteiger partial charge in [-0.1, -0.05) is 42.5 Å². The van der Waals surface area contributed by atoms with Crippen molar-refractivity contribution in [2.45, 2.75) is 6.92 Å². The first-order chi connectivity index (χ1) is 14.6. The Hall–Kier alpha value is -3.93. The van der Waals surface area contributed by atoms with E-state index in [1.54, 1.807) is 38.4 Å². The number of carbonyl (C=O) groups is 1. The minimum atomic E-state index is -0.534. The number of pyridine rings is 2. The predicted molar refractivity (Wildman–Crippen MR) is 115 cm³/mol. The maximum absolute atomic E-state index is 13.7. The highest BCUT2D eigenvalue weighted by atomic mass is 16.5. The lowest BCUT2D eigenvalue weighted by Crippen LogP contribution is -2.21. The van der Waals surface area contributed by atoms with Crippen LogP contribution in [0.5, 0.6) is 5.75 Å². The molecule has 6 nitrogen and oxygen atoms in total. The van der Waals surface area contributed by atoms with E-state index in [4.69, 9.17) is 9.47 Å². The van der Waals surface area contributed by atoms with Crippen molar-refractivity contribution in [2.24, 2.45) is 0 Å². The van der Waals surface area contributed by atoms with Gasteiger partial charge < -0.3 is 9.47 Å². The SMILES string of the molecule is COC(=O)c1c(C)nc2ccn(-c3ccccc3OC)c(=O)c2c1-c1ccccc1. The summed E-state index contributed by atoms with van der Waals surface area (Å²) in [5.41, 5.74) is 2.85. The van der Waals surface area contributed by atoms with E-state index in [1.807, 2.05) is 42.5 Å². The third kappa shape index (κ3) is 3.12. The summed E-state index contributed by atoms with van der Waals surface area (Å²) in [6, 6.07) is 18.4. The Kier molecular flexibility index (Phi) is 5.06. The molecule has 2 heterocycles. The lowest BCUT2D eigenvalue weighted by Gasteiger charge is -2.16. The fraction of sp³-hybridized carbons (Fsp3) is 0.125. The summed E-state index contributed by atoms with van der Waals surface area (Å²) in [6.07, 6.45) is 1.67. The van der Waals surface area contributed by atoms with Crippen molar-refractivity contribution in [1.82, 2.24) is 9.55 Å². The van der Waals surface area contributed by atoms with Gasteiger partial charge in [0.2, 0.25) is 0 Å². The fourth-order valence-corrected chi connectivity index (χ4v) is 3.66. The van der Waals surface area contributed by atoms with Crippen LogP contribution in [0.1, 0.15) is 16.1 Å². The molecule has 0 aliphatic rings. The van der Waals surface area contributed by atoms with E-state index in [1.165, 1.54) is 11.7 Å². The van der Waals surface area contributed by atoms with Gasteiger partial charge in [-0.15, -0.1) is 0 Å². The van der Waals surface area contributed by atoms with Crippen LogP contribution in [-0.4, -0.2) is 29.7 Å². The van der Waals surface area contributed by atoms with Gasteiger partial charge in [-0.05, 0) is 30.7 Å². The number of carbonyl (C=O) groups excluding carboxylic acids is 1. The van der Waals surface area contributed by atoms with Gasteiger partial charge in [0.05, 0.1) is 42.1 Å². The van der Waals surface area contributed by atoms with Gasteiger partial charge >= 0.3 is 5.97 Å². The van der Waals surface area contributed by atoms with E-state index < -0.39 is 5.97 Å². The first-order valence-electron chi connectivity index (χ1n) is 9.40. The first kappa shape index (κ1) is 19.4. The largest absolute Gasteiger partial charge is 0.495 e. The number of aryl methyl sites for hydroxylation is 1. The summed E-state index contributed by atoms with van der Waals surface area (Å²) in [4.78, 5) is 30.9. The molecule has 30 heavy (non-hydrogen) atoms. The first-order valence-corrected chi connectivity index (χ1v) is 9.40. The van der Waals surface area contributed by atoms with Crippen LogP contribution in [0.4, 0.5) is 0 Å². The third-order valence-corrected chi connectivity index (χ3v) is 5.02. The Balaban J connectivity index is 2.16. The zero-order valence-electron chi connectivity index (χ0n) is 16.9. The van der Waals surface area contributed by atoms with Gasteiger partial charge in [-0.2, -0.15) is 0 Å². The second-order valence-corrected chi connectivity index (χ2v) is 6.73. The maximum Gasteiger partial charge on any atom is 0.340 e. The van der Waals surface area contributed by atoms with Crippen LogP contribution in [0.15, 0.2) is 71.7 Å². The van der Waals surface area contributed by atoms with Gasteiger partial charge in [0.15, 0.2) is 0 Å². The van der Waals surface area contributed by atoms with Gasteiger partial charge in [-0.3, -0.25) is 14.3 Å². The van der Waals surface area contributed by atoms with E-state index in [9.17, 15) is 9.59 Å². The Bertz CT molecular complexity index is 1310. The topological polar surface area (TPSA) is 70.4 Å². The zero-order chi connectivity index (χ0) is 21.3. The van der Waals surface area contributed by atoms with Crippen LogP contribution < -0.4 is 10.3 Å². The van der Waals surface area contributed by atoms with Crippen molar-refractivity contribution >= 4 is 16.9 Å². The minimum absolute atomic E-state index is 0.283. The van der Waals surface area contributed by atoms with E-state index in [2.05, 4.69) is 4.98 Å². The number of hydrogen-bond acceptors (Lipinski definition) is 5. The number of ether oxygens (including phenoxy) is 2. The normalized spacial score (nSPS) is 10.8. The van der Waals surface area contributed by atoms with Gasteiger partial charge in [0.1, 0.15) is 5.75 Å². The third-order valence-electron chi connectivity index (χ3n) is 5.02. The fourth-order valence-electron chi connectivity index (χ4n) is 3.66. The molecule has 0 saturated heterocycles. The Labute approximate surface area is 173 Å². The van der Waals surface area contributed by atoms with Crippen LogP contribution in [0, 0.1) is 6.92 Å². The molecule has 2 aromatic heterocycles. The van der Waals surface area contributed by atoms with Crippen LogP contribution in [0.3, 0.4) is 0 Å². The van der Waals surface area contributed by atoms with Gasteiger partial charge in [0, 0.05) is 11.8 Å². The number of benzene rings is 2. The molecule has 0 aliphatic carbocycles. The van der Waals surface area contributed by atoms with Crippen LogP contribution in [-0.2, 0) is 4.74 Å². The molecule has 4 rings (SSSR count). The lowest BCUT2D eigenvalue weighted by molar-refractivity contribution is 0.0600. The minimum Gasteiger partial charge on any atom is -0.495 e.